The van der Waals surface area contributed by atoms with Crippen LogP contribution in [0, 0.1) is 0 Å². The van der Waals surface area contributed by atoms with Gasteiger partial charge in [0.05, 0.1) is 6.04 Å². The molecule has 0 aromatic carbocycles. The van der Waals surface area contributed by atoms with E-state index in [4.69, 9.17) is 5.73 Å². The smallest absolute Gasteiger partial charge is 0.351 e. The standard InChI is InChI=1S/C9H13F3N4O.ClH/c1-5(13)8(17)14-3-6-4-16(2)15-7(6)9(10,11)12;/h4-5H,3,13H2,1-2H3,(H,14,17);1H. The number of amides is 1. The lowest BCUT2D eigenvalue weighted by molar-refractivity contribution is -0.142. The molecule has 1 heterocycles. The van der Waals surface area contributed by atoms with E-state index < -0.39 is 23.8 Å². The van der Waals surface area contributed by atoms with Gasteiger partial charge in [-0.2, -0.15) is 18.3 Å². The highest BCUT2D eigenvalue weighted by Crippen LogP contribution is 2.30. The molecule has 0 aliphatic rings. The van der Waals surface area contributed by atoms with Gasteiger partial charge >= 0.3 is 6.18 Å². The molecule has 0 saturated heterocycles. The summed E-state index contributed by atoms with van der Waals surface area (Å²) >= 11 is 0. The number of carbonyl (C=O) groups excluding carboxylic acids is 1. The number of hydrogen-bond acceptors (Lipinski definition) is 3. The Morgan fingerprint density at radius 1 is 1.61 bits per heavy atom. The first-order chi connectivity index (χ1) is 7.71. The molecule has 0 radical (unpaired) electrons. The van der Waals surface area contributed by atoms with Gasteiger partial charge in [0.2, 0.25) is 5.91 Å². The first kappa shape index (κ1) is 16.7. The molecule has 1 amide bonds. The number of aryl methyl sites for hydroxylation is 1. The Morgan fingerprint density at radius 2 is 2.17 bits per heavy atom. The van der Waals surface area contributed by atoms with E-state index in [0.29, 0.717) is 0 Å². The number of nitrogens with one attached hydrogen (secondary N) is 1. The number of aromatic nitrogens is 2. The zero-order valence-corrected chi connectivity index (χ0v) is 10.6. The van der Waals surface area contributed by atoms with E-state index in [1.54, 1.807) is 0 Å². The van der Waals surface area contributed by atoms with Gasteiger partial charge in [-0.05, 0) is 6.92 Å². The first-order valence-corrected chi connectivity index (χ1v) is 4.85. The number of hydrogen-bond donors (Lipinski definition) is 2. The summed E-state index contributed by atoms with van der Waals surface area (Å²) < 4.78 is 38.6. The van der Waals surface area contributed by atoms with Crippen LogP contribution in [0.5, 0.6) is 0 Å². The van der Waals surface area contributed by atoms with E-state index in [9.17, 15) is 18.0 Å². The normalized spacial score (nSPS) is 12.8. The molecule has 1 unspecified atom stereocenters. The number of nitrogens with zero attached hydrogens (tertiary/aromatic N) is 2. The zero-order valence-electron chi connectivity index (χ0n) is 9.78. The fourth-order valence-electron chi connectivity index (χ4n) is 1.25. The molecule has 1 rings (SSSR count). The maximum absolute atomic E-state index is 12.5. The number of alkyl halides is 3. The largest absolute Gasteiger partial charge is 0.435 e. The van der Waals surface area contributed by atoms with Crippen molar-refractivity contribution in [2.45, 2.75) is 25.7 Å². The van der Waals surface area contributed by atoms with Crippen molar-refractivity contribution in [1.29, 1.82) is 0 Å². The van der Waals surface area contributed by atoms with E-state index in [2.05, 4.69) is 10.4 Å². The van der Waals surface area contributed by atoms with Gasteiger partial charge in [-0.1, -0.05) is 0 Å². The van der Waals surface area contributed by atoms with Crippen molar-refractivity contribution in [3.8, 4) is 0 Å². The number of nitrogens with two attached hydrogens (primary N) is 1. The molecule has 5 nitrogen and oxygen atoms in total. The summed E-state index contributed by atoms with van der Waals surface area (Å²) in [6.45, 7) is 1.20. The SMILES string of the molecule is CC(N)C(=O)NCc1cn(C)nc1C(F)(F)F.Cl. The summed E-state index contributed by atoms with van der Waals surface area (Å²) in [6, 6.07) is -0.763. The van der Waals surface area contributed by atoms with Crippen molar-refractivity contribution in [1.82, 2.24) is 15.1 Å². The lowest BCUT2D eigenvalue weighted by Crippen LogP contribution is -2.38. The van der Waals surface area contributed by atoms with Crippen LogP contribution in [0.1, 0.15) is 18.2 Å². The minimum atomic E-state index is -4.53. The number of rotatable bonds is 3. The van der Waals surface area contributed by atoms with Gasteiger partial charge in [0.1, 0.15) is 0 Å². The molecule has 3 N–H and O–H groups in total. The van der Waals surface area contributed by atoms with E-state index in [0.717, 1.165) is 4.68 Å². The second-order valence-corrected chi connectivity index (χ2v) is 3.68. The maximum atomic E-state index is 12.5. The summed E-state index contributed by atoms with van der Waals surface area (Å²) in [4.78, 5) is 11.1. The number of halogens is 4. The fourth-order valence-corrected chi connectivity index (χ4v) is 1.25. The Labute approximate surface area is 108 Å². The Morgan fingerprint density at radius 3 is 2.61 bits per heavy atom. The topological polar surface area (TPSA) is 72.9 Å². The third-order valence-corrected chi connectivity index (χ3v) is 2.04. The summed E-state index contributed by atoms with van der Waals surface area (Å²) in [7, 11) is 1.38. The summed E-state index contributed by atoms with van der Waals surface area (Å²) in [5.41, 5.74) is 4.19. The Hall–Kier alpha value is -1.28. The van der Waals surface area contributed by atoms with Crippen LogP contribution in [0.15, 0.2) is 6.20 Å². The fraction of sp³-hybridized carbons (Fsp3) is 0.556. The highest BCUT2D eigenvalue weighted by atomic mass is 35.5. The third-order valence-electron chi connectivity index (χ3n) is 2.04. The van der Waals surface area contributed by atoms with Crippen molar-refractivity contribution < 1.29 is 18.0 Å². The van der Waals surface area contributed by atoms with Gasteiger partial charge in [-0.25, -0.2) is 0 Å². The van der Waals surface area contributed by atoms with Crippen molar-refractivity contribution >= 4 is 18.3 Å². The van der Waals surface area contributed by atoms with Crippen molar-refractivity contribution in [3.05, 3.63) is 17.5 Å². The predicted octanol–water partition coefficient (Wildman–Crippen LogP) is 0.824. The van der Waals surface area contributed by atoms with Crippen molar-refractivity contribution in [3.63, 3.8) is 0 Å². The highest BCUT2D eigenvalue weighted by molar-refractivity contribution is 5.85. The first-order valence-electron chi connectivity index (χ1n) is 4.85. The Bertz CT molecular complexity index is 416. The molecular weight excluding hydrogens is 273 g/mol. The lowest BCUT2D eigenvalue weighted by atomic mass is 10.2. The number of carbonyl (C=O) groups is 1. The van der Waals surface area contributed by atoms with Crippen LogP contribution in [-0.2, 0) is 24.6 Å². The monoisotopic (exact) mass is 286 g/mol. The van der Waals surface area contributed by atoms with Crippen LogP contribution in [0.25, 0.3) is 0 Å². The zero-order chi connectivity index (χ0) is 13.2. The van der Waals surface area contributed by atoms with Crippen molar-refractivity contribution in [2.75, 3.05) is 0 Å². The van der Waals surface area contributed by atoms with Crippen LogP contribution in [-0.4, -0.2) is 21.7 Å². The van der Waals surface area contributed by atoms with Crippen molar-refractivity contribution in [2.24, 2.45) is 12.8 Å². The summed E-state index contributed by atoms with van der Waals surface area (Å²) in [5, 5.41) is 5.62. The van der Waals surface area contributed by atoms with E-state index in [-0.39, 0.29) is 24.5 Å². The molecule has 0 spiro atoms. The summed E-state index contributed by atoms with van der Waals surface area (Å²) in [6.07, 6.45) is -3.32. The molecule has 9 heteroatoms. The van der Waals surface area contributed by atoms with Gasteiger partial charge in [-0.3, -0.25) is 9.48 Å². The quantitative estimate of drug-likeness (QED) is 0.864. The average molecular weight is 287 g/mol. The molecule has 1 atom stereocenters. The van der Waals surface area contributed by atoms with Crippen LogP contribution >= 0.6 is 12.4 Å². The minimum Gasteiger partial charge on any atom is -0.351 e. The Kier molecular flexibility index (Phi) is 5.62. The summed E-state index contributed by atoms with van der Waals surface area (Å²) in [5.74, 6) is -0.512. The van der Waals surface area contributed by atoms with Gasteiger partial charge in [0.25, 0.3) is 0 Å². The maximum Gasteiger partial charge on any atom is 0.435 e. The lowest BCUT2D eigenvalue weighted by Gasteiger charge is -2.08. The van der Waals surface area contributed by atoms with E-state index in [1.807, 2.05) is 0 Å². The van der Waals surface area contributed by atoms with Gasteiger partial charge < -0.3 is 11.1 Å². The molecular formula is C9H14ClF3N4O. The van der Waals surface area contributed by atoms with Gasteiger partial charge in [-0.15, -0.1) is 12.4 Å². The second-order valence-electron chi connectivity index (χ2n) is 3.68. The van der Waals surface area contributed by atoms with E-state index >= 15 is 0 Å². The molecule has 0 aliphatic heterocycles. The third kappa shape index (κ3) is 4.19. The minimum absolute atomic E-state index is 0. The highest BCUT2D eigenvalue weighted by Gasteiger charge is 2.36. The molecule has 0 aliphatic carbocycles. The van der Waals surface area contributed by atoms with Crippen LogP contribution in [0.3, 0.4) is 0 Å². The molecule has 0 saturated carbocycles. The van der Waals surface area contributed by atoms with Gasteiger partial charge in [0, 0.05) is 25.4 Å². The van der Waals surface area contributed by atoms with E-state index in [1.165, 1.54) is 20.2 Å². The molecule has 18 heavy (non-hydrogen) atoms. The molecule has 104 valence electrons. The molecule has 0 fully saturated rings. The van der Waals surface area contributed by atoms with Crippen LogP contribution in [0.2, 0.25) is 0 Å². The molecule has 1 aromatic heterocycles. The molecule has 0 bridgehead atoms. The van der Waals surface area contributed by atoms with Crippen LogP contribution < -0.4 is 11.1 Å². The second kappa shape index (κ2) is 6.05. The van der Waals surface area contributed by atoms with Crippen LogP contribution in [0.4, 0.5) is 13.2 Å². The molecule has 1 aromatic rings. The predicted molar refractivity (Wildman–Crippen MR) is 61.0 cm³/mol. The van der Waals surface area contributed by atoms with Gasteiger partial charge in [0.15, 0.2) is 5.69 Å². The Balaban J connectivity index is 0.00000289. The average Bonchev–Trinajstić information content (AvgIpc) is 2.55.